The number of amides is 2. The van der Waals surface area contributed by atoms with Crippen LogP contribution in [0.15, 0.2) is 40.9 Å². The minimum Gasteiger partial charge on any atom is -0.359 e. The molecule has 0 radical (unpaired) electrons. The van der Waals surface area contributed by atoms with Crippen LogP contribution < -0.4 is 5.32 Å². The Morgan fingerprint density at radius 1 is 1.40 bits per heavy atom. The fourth-order valence-corrected chi connectivity index (χ4v) is 3.38. The highest BCUT2D eigenvalue weighted by Gasteiger charge is 2.29. The first-order valence-electron chi connectivity index (χ1n) is 8.88. The zero-order valence-corrected chi connectivity index (χ0v) is 14.9. The Bertz CT molecular complexity index is 686. The van der Waals surface area contributed by atoms with Crippen LogP contribution in [0, 0.1) is 6.92 Å². The molecule has 2 amide bonds. The van der Waals surface area contributed by atoms with Crippen LogP contribution in [0.4, 0.5) is 4.79 Å². The van der Waals surface area contributed by atoms with E-state index in [-0.39, 0.29) is 12.1 Å². The lowest BCUT2D eigenvalue weighted by atomic mass is 10.2. The maximum Gasteiger partial charge on any atom is 0.318 e. The lowest BCUT2D eigenvalue weighted by Crippen LogP contribution is -2.46. The van der Waals surface area contributed by atoms with Gasteiger partial charge in [0.25, 0.3) is 0 Å². The highest BCUT2D eigenvalue weighted by atomic mass is 16.5. The summed E-state index contributed by atoms with van der Waals surface area (Å²) in [6.07, 6.45) is 1.01. The lowest BCUT2D eigenvalue weighted by Gasteiger charge is -2.28. The summed E-state index contributed by atoms with van der Waals surface area (Å²) in [6.45, 7) is 7.84. The van der Waals surface area contributed by atoms with Crippen molar-refractivity contribution in [2.75, 3.05) is 19.6 Å². The summed E-state index contributed by atoms with van der Waals surface area (Å²) in [5.74, 6) is 0.680. The fourth-order valence-electron chi connectivity index (χ4n) is 3.38. The molecule has 0 saturated carbocycles. The topological polar surface area (TPSA) is 61.6 Å². The quantitative estimate of drug-likeness (QED) is 0.877. The van der Waals surface area contributed by atoms with Crippen LogP contribution in [-0.4, -0.2) is 46.7 Å². The van der Waals surface area contributed by atoms with Crippen LogP contribution in [0.3, 0.4) is 0 Å². The molecule has 1 saturated heterocycles. The first kappa shape index (κ1) is 17.5. The number of carbonyl (C=O) groups excluding carboxylic acids is 1. The van der Waals surface area contributed by atoms with Crippen LogP contribution >= 0.6 is 0 Å². The second-order valence-corrected chi connectivity index (χ2v) is 6.54. The Morgan fingerprint density at radius 3 is 2.88 bits per heavy atom. The minimum absolute atomic E-state index is 0.0388. The number of benzene rings is 1. The van der Waals surface area contributed by atoms with Crippen molar-refractivity contribution in [1.29, 1.82) is 0 Å². The van der Waals surface area contributed by atoms with Gasteiger partial charge in [-0.3, -0.25) is 4.90 Å². The van der Waals surface area contributed by atoms with Crippen molar-refractivity contribution in [2.24, 2.45) is 0 Å². The zero-order chi connectivity index (χ0) is 17.6. The molecule has 1 aliphatic heterocycles. The van der Waals surface area contributed by atoms with Crippen molar-refractivity contribution in [2.45, 2.75) is 39.4 Å². The number of nitrogens with zero attached hydrogens (tertiary/aromatic N) is 3. The van der Waals surface area contributed by atoms with E-state index in [0.29, 0.717) is 18.8 Å². The van der Waals surface area contributed by atoms with E-state index in [1.807, 2.05) is 30.9 Å². The summed E-state index contributed by atoms with van der Waals surface area (Å²) >= 11 is 0. The zero-order valence-electron chi connectivity index (χ0n) is 14.9. The average Bonchev–Trinajstić information content (AvgIpc) is 3.24. The Labute approximate surface area is 148 Å². The molecule has 1 aliphatic rings. The van der Waals surface area contributed by atoms with Crippen LogP contribution in [0.1, 0.15) is 30.4 Å². The smallest absolute Gasteiger partial charge is 0.318 e. The maximum absolute atomic E-state index is 12.5. The summed E-state index contributed by atoms with van der Waals surface area (Å²) in [7, 11) is 0. The highest BCUT2D eigenvalue weighted by molar-refractivity contribution is 5.74. The number of carbonyl (C=O) groups is 1. The van der Waals surface area contributed by atoms with E-state index >= 15 is 0 Å². The van der Waals surface area contributed by atoms with E-state index in [1.165, 1.54) is 5.56 Å². The van der Waals surface area contributed by atoms with Gasteiger partial charge in [-0.15, -0.1) is 0 Å². The number of rotatable bonds is 6. The summed E-state index contributed by atoms with van der Waals surface area (Å²) in [6, 6.07) is 12.5. The normalized spacial score (nSPS) is 17.6. The first-order chi connectivity index (χ1) is 12.2. The van der Waals surface area contributed by atoms with Crippen molar-refractivity contribution in [1.82, 2.24) is 20.3 Å². The second-order valence-electron chi connectivity index (χ2n) is 6.54. The first-order valence-corrected chi connectivity index (χ1v) is 8.88. The summed E-state index contributed by atoms with van der Waals surface area (Å²) in [5, 5.41) is 6.78. The highest BCUT2D eigenvalue weighted by Crippen LogP contribution is 2.18. The molecule has 0 spiro atoms. The number of nitrogens with one attached hydrogen (secondary N) is 1. The molecule has 0 unspecified atom stereocenters. The molecule has 6 heteroatoms. The fraction of sp³-hybridized carbons (Fsp3) is 0.474. The lowest BCUT2D eigenvalue weighted by molar-refractivity contribution is 0.175. The van der Waals surface area contributed by atoms with Crippen LogP contribution in [-0.2, 0) is 13.1 Å². The molecule has 134 valence electrons. The number of urea groups is 1. The Kier molecular flexibility index (Phi) is 5.71. The number of likely N-dealkylation sites (N-methyl/N-ethyl adjacent to an activating group) is 1. The molecule has 25 heavy (non-hydrogen) atoms. The van der Waals surface area contributed by atoms with Crippen molar-refractivity contribution in [3.63, 3.8) is 0 Å². The Balaban J connectivity index is 1.51. The van der Waals surface area contributed by atoms with Gasteiger partial charge in [-0.2, -0.15) is 0 Å². The predicted molar refractivity (Wildman–Crippen MR) is 96.0 cm³/mol. The summed E-state index contributed by atoms with van der Waals surface area (Å²) in [5.41, 5.74) is 2.14. The second kappa shape index (κ2) is 8.16. The third-order valence-corrected chi connectivity index (χ3v) is 4.63. The molecule has 0 bridgehead atoms. The number of hydrogen-bond acceptors (Lipinski definition) is 4. The van der Waals surface area contributed by atoms with Gasteiger partial charge >= 0.3 is 6.03 Å². The van der Waals surface area contributed by atoms with Gasteiger partial charge in [-0.1, -0.05) is 35.5 Å². The molecule has 1 fully saturated rings. The van der Waals surface area contributed by atoms with Crippen molar-refractivity contribution < 1.29 is 9.32 Å². The van der Waals surface area contributed by atoms with Gasteiger partial charge < -0.3 is 14.7 Å². The van der Waals surface area contributed by atoms with E-state index in [2.05, 4.69) is 39.6 Å². The monoisotopic (exact) mass is 342 g/mol. The van der Waals surface area contributed by atoms with E-state index in [1.54, 1.807) is 0 Å². The molecule has 6 nitrogen and oxygen atoms in total. The van der Waals surface area contributed by atoms with Gasteiger partial charge in [0.2, 0.25) is 0 Å². The molecule has 2 aromatic rings. The predicted octanol–water partition coefficient (Wildman–Crippen LogP) is 2.79. The Morgan fingerprint density at radius 2 is 2.20 bits per heavy atom. The summed E-state index contributed by atoms with van der Waals surface area (Å²) < 4.78 is 5.15. The molecule has 0 aliphatic carbocycles. The summed E-state index contributed by atoms with van der Waals surface area (Å²) in [4.78, 5) is 16.9. The number of aryl methyl sites for hydroxylation is 1. The molecular weight excluding hydrogens is 316 g/mol. The molecule has 1 N–H and O–H groups in total. The van der Waals surface area contributed by atoms with Gasteiger partial charge in [0, 0.05) is 38.3 Å². The van der Waals surface area contributed by atoms with E-state index in [0.717, 1.165) is 31.7 Å². The molecule has 1 aromatic carbocycles. The van der Waals surface area contributed by atoms with E-state index < -0.39 is 0 Å². The molecule has 1 atom stereocenters. The van der Waals surface area contributed by atoms with Crippen LogP contribution in [0.25, 0.3) is 0 Å². The largest absolute Gasteiger partial charge is 0.359 e. The van der Waals surface area contributed by atoms with E-state index in [9.17, 15) is 4.79 Å². The van der Waals surface area contributed by atoms with Crippen molar-refractivity contribution in [3.8, 4) is 0 Å². The van der Waals surface area contributed by atoms with Crippen molar-refractivity contribution in [3.05, 3.63) is 53.4 Å². The molecule has 2 heterocycles. The molecule has 1 aromatic heterocycles. The SMILES string of the molecule is CCN(C(=O)NCc1cc(C)no1)[C@@H]1CCN(Cc2ccccc2)C1. The standard InChI is InChI=1S/C19H26N4O2/c1-3-23(19(24)20-12-18-11-15(2)21-25-18)17-9-10-22(14-17)13-16-7-5-4-6-8-16/h4-8,11,17H,3,9-10,12-14H2,1-2H3,(H,20,24)/t17-/m1/s1. The number of likely N-dealkylation sites (tertiary alicyclic amines) is 1. The van der Waals surface area contributed by atoms with Crippen LogP contribution in [0.5, 0.6) is 0 Å². The molecular formula is C19H26N4O2. The van der Waals surface area contributed by atoms with Gasteiger partial charge in [-0.05, 0) is 25.8 Å². The maximum atomic E-state index is 12.5. The minimum atomic E-state index is -0.0388. The van der Waals surface area contributed by atoms with Crippen molar-refractivity contribution >= 4 is 6.03 Å². The number of hydrogen-bond donors (Lipinski definition) is 1. The third-order valence-electron chi connectivity index (χ3n) is 4.63. The van der Waals surface area contributed by atoms with E-state index in [4.69, 9.17) is 4.52 Å². The van der Waals surface area contributed by atoms with Gasteiger partial charge in [-0.25, -0.2) is 4.79 Å². The third kappa shape index (κ3) is 4.60. The van der Waals surface area contributed by atoms with Gasteiger partial charge in [0.05, 0.1) is 12.2 Å². The van der Waals surface area contributed by atoms with Gasteiger partial charge in [0.15, 0.2) is 5.76 Å². The van der Waals surface area contributed by atoms with Crippen LogP contribution in [0.2, 0.25) is 0 Å². The van der Waals surface area contributed by atoms with Gasteiger partial charge in [0.1, 0.15) is 0 Å². The number of aromatic nitrogens is 1. The Hall–Kier alpha value is -2.34. The molecule has 3 rings (SSSR count). The average molecular weight is 342 g/mol.